The highest BCUT2D eigenvalue weighted by atomic mass is 35.5. The molecule has 0 radical (unpaired) electrons. The van der Waals surface area contributed by atoms with Crippen LogP contribution < -0.4 is 10.2 Å². The lowest BCUT2D eigenvalue weighted by Crippen LogP contribution is -2.52. The number of ether oxygens (including phenoxy) is 1. The van der Waals surface area contributed by atoms with Crippen LogP contribution in [0.3, 0.4) is 0 Å². The fraction of sp³-hybridized carbons (Fsp3) is 0.571. The van der Waals surface area contributed by atoms with Gasteiger partial charge in [0.2, 0.25) is 5.91 Å². The number of amides is 1. The van der Waals surface area contributed by atoms with Gasteiger partial charge in [-0.25, -0.2) is 19.3 Å². The summed E-state index contributed by atoms with van der Waals surface area (Å²) in [5.74, 6) is 0.893. The number of nitrogens with zero attached hydrogens (tertiary/aromatic N) is 6. The van der Waals surface area contributed by atoms with Crippen LogP contribution in [0.4, 0.5) is 10.6 Å². The molecular weight excluding hydrogens is 434 g/mol. The third-order valence-electron chi connectivity index (χ3n) is 6.27. The molecule has 4 rings (SSSR count). The van der Waals surface area contributed by atoms with Crippen LogP contribution in [-0.4, -0.2) is 76.8 Å². The number of halogens is 1. The van der Waals surface area contributed by atoms with E-state index in [4.69, 9.17) is 10.00 Å². The van der Waals surface area contributed by atoms with Crippen molar-refractivity contribution in [3.63, 3.8) is 0 Å². The Kier molecular flexibility index (Phi) is 7.53. The number of nitriles is 1. The number of aromatic nitrogens is 3. The molecule has 2 aliphatic rings. The van der Waals surface area contributed by atoms with E-state index in [1.165, 1.54) is 10.9 Å². The number of anilines is 1. The first-order valence-electron chi connectivity index (χ1n) is 10.6. The summed E-state index contributed by atoms with van der Waals surface area (Å²) in [7, 11) is 1.95. The first-order valence-corrected chi connectivity index (χ1v) is 10.6. The molecule has 10 nitrogen and oxygen atoms in total. The van der Waals surface area contributed by atoms with E-state index in [0.717, 1.165) is 24.8 Å². The number of hydrogen-bond donors (Lipinski definition) is 1. The van der Waals surface area contributed by atoms with Gasteiger partial charge in [0.05, 0.1) is 17.5 Å². The SMILES string of the molecule is C[C@@H]1CCN(C(=O)CC#N)C[C@@H]1N(C)c1ncnc2c1ccn2C(=O)OC1CCNC1.Cl. The maximum atomic E-state index is 12.7. The first kappa shape index (κ1) is 23.8. The molecule has 11 heteroatoms. The third-order valence-corrected chi connectivity index (χ3v) is 6.27. The van der Waals surface area contributed by atoms with Gasteiger partial charge in [0.1, 0.15) is 24.7 Å². The van der Waals surface area contributed by atoms with Gasteiger partial charge < -0.3 is 19.9 Å². The van der Waals surface area contributed by atoms with Gasteiger partial charge >= 0.3 is 6.09 Å². The normalized spacial score (nSPS) is 22.8. The third kappa shape index (κ3) is 4.64. The van der Waals surface area contributed by atoms with Crippen molar-refractivity contribution < 1.29 is 14.3 Å². The molecule has 2 saturated heterocycles. The van der Waals surface area contributed by atoms with Crippen molar-refractivity contribution >= 4 is 41.3 Å². The van der Waals surface area contributed by atoms with Crippen molar-refractivity contribution in [3.8, 4) is 6.07 Å². The lowest BCUT2D eigenvalue weighted by molar-refractivity contribution is -0.131. The molecule has 32 heavy (non-hydrogen) atoms. The van der Waals surface area contributed by atoms with Gasteiger partial charge in [-0.2, -0.15) is 5.26 Å². The molecular formula is C21H28ClN7O3. The molecule has 0 saturated carbocycles. The zero-order chi connectivity index (χ0) is 22.0. The average molecular weight is 462 g/mol. The zero-order valence-electron chi connectivity index (χ0n) is 18.2. The van der Waals surface area contributed by atoms with Crippen LogP contribution in [0.1, 0.15) is 26.2 Å². The molecule has 2 fully saturated rings. The summed E-state index contributed by atoms with van der Waals surface area (Å²) in [5.41, 5.74) is 0.494. The summed E-state index contributed by atoms with van der Waals surface area (Å²) >= 11 is 0. The summed E-state index contributed by atoms with van der Waals surface area (Å²) in [6, 6.07) is 3.80. The lowest BCUT2D eigenvalue weighted by atomic mass is 9.92. The second-order valence-electron chi connectivity index (χ2n) is 8.24. The molecule has 0 bridgehead atoms. The van der Waals surface area contributed by atoms with Crippen LogP contribution >= 0.6 is 12.4 Å². The molecule has 0 aromatic carbocycles. The predicted octanol–water partition coefficient (Wildman–Crippen LogP) is 1.79. The molecule has 1 unspecified atom stereocenters. The summed E-state index contributed by atoms with van der Waals surface area (Å²) in [4.78, 5) is 37.5. The van der Waals surface area contributed by atoms with E-state index in [9.17, 15) is 9.59 Å². The summed E-state index contributed by atoms with van der Waals surface area (Å²) in [6.45, 7) is 4.85. The van der Waals surface area contributed by atoms with Crippen LogP contribution in [0.15, 0.2) is 18.6 Å². The Morgan fingerprint density at radius 3 is 2.91 bits per heavy atom. The Hall–Kier alpha value is -2.90. The van der Waals surface area contributed by atoms with E-state index >= 15 is 0 Å². The van der Waals surface area contributed by atoms with Crippen molar-refractivity contribution in [2.75, 3.05) is 38.1 Å². The molecule has 0 spiro atoms. The Balaban J connectivity index is 0.00000289. The quantitative estimate of drug-likeness (QED) is 0.732. The molecule has 1 amide bonds. The summed E-state index contributed by atoms with van der Waals surface area (Å²) < 4.78 is 6.99. The molecule has 1 N–H and O–H groups in total. The van der Waals surface area contributed by atoms with Gasteiger partial charge in [-0.1, -0.05) is 6.92 Å². The lowest BCUT2D eigenvalue weighted by Gasteiger charge is -2.42. The Morgan fingerprint density at radius 1 is 1.38 bits per heavy atom. The van der Waals surface area contributed by atoms with E-state index < -0.39 is 6.09 Å². The maximum Gasteiger partial charge on any atom is 0.420 e. The number of hydrogen-bond acceptors (Lipinski definition) is 8. The van der Waals surface area contributed by atoms with Crippen LogP contribution in [0.2, 0.25) is 0 Å². The topological polar surface area (TPSA) is 116 Å². The fourth-order valence-corrected chi connectivity index (χ4v) is 4.41. The molecule has 172 valence electrons. The minimum Gasteiger partial charge on any atom is -0.444 e. The standard InChI is InChI=1S/C21H27N7O3.ClH/c1-14-5-9-27(18(29)3-7-22)12-17(14)26(2)19-16-6-10-28(20(16)25-13-24-19)21(30)31-15-4-8-23-11-15;/h6,10,13-15,17,23H,3-5,8-9,11-12H2,1-2H3;1H/t14-,15?,17+;/m1./s1. The number of carbonyl (C=O) groups is 2. The highest BCUT2D eigenvalue weighted by Gasteiger charge is 2.33. The van der Waals surface area contributed by atoms with E-state index in [2.05, 4.69) is 27.1 Å². The first-order chi connectivity index (χ1) is 15.0. The molecule has 2 aromatic rings. The van der Waals surface area contributed by atoms with Crippen LogP contribution in [-0.2, 0) is 9.53 Å². The highest BCUT2D eigenvalue weighted by Crippen LogP contribution is 2.29. The molecule has 0 aliphatic carbocycles. The van der Waals surface area contributed by atoms with Crippen molar-refractivity contribution in [2.24, 2.45) is 5.92 Å². The Bertz CT molecular complexity index is 1010. The number of carbonyl (C=O) groups excluding carboxylic acids is 2. The largest absolute Gasteiger partial charge is 0.444 e. The van der Waals surface area contributed by atoms with Crippen LogP contribution in [0.25, 0.3) is 11.0 Å². The predicted molar refractivity (Wildman–Crippen MR) is 121 cm³/mol. The Morgan fingerprint density at radius 2 is 2.19 bits per heavy atom. The fourth-order valence-electron chi connectivity index (χ4n) is 4.41. The number of rotatable bonds is 4. The van der Waals surface area contributed by atoms with Gasteiger partial charge in [-0.05, 0) is 31.4 Å². The van der Waals surface area contributed by atoms with E-state index in [0.29, 0.717) is 37.0 Å². The number of fused-ring (bicyclic) bond motifs is 1. The van der Waals surface area contributed by atoms with Crippen molar-refractivity contribution in [1.82, 2.24) is 24.8 Å². The van der Waals surface area contributed by atoms with Gasteiger partial charge in [0.15, 0.2) is 5.65 Å². The van der Waals surface area contributed by atoms with E-state index in [1.807, 2.05) is 19.2 Å². The monoisotopic (exact) mass is 461 g/mol. The van der Waals surface area contributed by atoms with Crippen molar-refractivity contribution in [1.29, 1.82) is 5.26 Å². The Labute approximate surface area is 192 Å². The van der Waals surface area contributed by atoms with Crippen LogP contribution in [0.5, 0.6) is 0 Å². The highest BCUT2D eigenvalue weighted by molar-refractivity contribution is 5.93. The molecule has 4 heterocycles. The van der Waals surface area contributed by atoms with Crippen LogP contribution in [0, 0.1) is 17.2 Å². The summed E-state index contributed by atoms with van der Waals surface area (Å²) in [5, 5.41) is 12.8. The maximum absolute atomic E-state index is 12.7. The molecule has 3 atom stereocenters. The smallest absolute Gasteiger partial charge is 0.420 e. The van der Waals surface area contributed by atoms with Gasteiger partial charge in [-0.3, -0.25) is 4.79 Å². The van der Waals surface area contributed by atoms with Gasteiger partial charge in [0.25, 0.3) is 0 Å². The van der Waals surface area contributed by atoms with Gasteiger partial charge in [0, 0.05) is 32.9 Å². The number of likely N-dealkylation sites (tertiary alicyclic amines) is 1. The average Bonchev–Trinajstić information content (AvgIpc) is 3.43. The van der Waals surface area contributed by atoms with E-state index in [-0.39, 0.29) is 36.9 Å². The number of nitrogens with one attached hydrogen (secondary N) is 1. The van der Waals surface area contributed by atoms with E-state index in [1.54, 1.807) is 11.1 Å². The molecule has 2 aromatic heterocycles. The second-order valence-corrected chi connectivity index (χ2v) is 8.24. The van der Waals surface area contributed by atoms with Crippen molar-refractivity contribution in [2.45, 2.75) is 38.3 Å². The second kappa shape index (κ2) is 10.1. The minimum atomic E-state index is -0.449. The number of piperidine rings is 1. The zero-order valence-corrected chi connectivity index (χ0v) is 19.0. The minimum absolute atomic E-state index is 0. The molecule has 2 aliphatic heterocycles. The summed E-state index contributed by atoms with van der Waals surface area (Å²) in [6.07, 6.45) is 4.07. The number of likely N-dealkylation sites (N-methyl/N-ethyl adjacent to an activating group) is 1. The van der Waals surface area contributed by atoms with Crippen molar-refractivity contribution in [3.05, 3.63) is 18.6 Å². The van der Waals surface area contributed by atoms with Gasteiger partial charge in [-0.15, -0.1) is 12.4 Å².